The first-order chi connectivity index (χ1) is 17.0. The third-order valence-electron chi connectivity index (χ3n) is 7.79. The molecule has 1 heterocycles. The van der Waals surface area contributed by atoms with E-state index in [1.165, 1.54) is 12.1 Å². The van der Waals surface area contributed by atoms with Gasteiger partial charge in [-0.25, -0.2) is 4.39 Å². The van der Waals surface area contributed by atoms with Gasteiger partial charge in [-0.05, 0) is 62.1 Å². The average Bonchev–Trinajstić information content (AvgIpc) is 3.44. The van der Waals surface area contributed by atoms with Crippen LogP contribution in [0.1, 0.15) is 57.3 Å². The predicted molar refractivity (Wildman–Crippen MR) is 138 cm³/mol. The number of likely N-dealkylation sites (N-methyl/N-ethyl adjacent to an activating group) is 1. The molecule has 3 amide bonds. The van der Waals surface area contributed by atoms with Crippen molar-refractivity contribution in [1.82, 2.24) is 20.9 Å². The van der Waals surface area contributed by atoms with Gasteiger partial charge in [0, 0.05) is 23.5 Å². The summed E-state index contributed by atoms with van der Waals surface area (Å²) in [6, 6.07) is 8.36. The lowest BCUT2D eigenvalue weighted by Gasteiger charge is -2.38. The second-order valence-electron chi connectivity index (χ2n) is 11.2. The van der Waals surface area contributed by atoms with Crippen LogP contribution >= 0.6 is 0 Å². The Balaban J connectivity index is 1.55. The molecule has 0 radical (unpaired) electrons. The molecule has 3 N–H and O–H groups in total. The monoisotopic (exact) mass is 496 g/mol. The highest BCUT2D eigenvalue weighted by Gasteiger charge is 2.49. The van der Waals surface area contributed by atoms with Crippen LogP contribution in [0.4, 0.5) is 4.39 Å². The number of hydrogen-bond acceptors (Lipinski definition) is 4. The second-order valence-corrected chi connectivity index (χ2v) is 11.2. The Bertz CT molecular complexity index is 1160. The molecule has 5 atom stereocenters. The summed E-state index contributed by atoms with van der Waals surface area (Å²) in [5.74, 6) is -0.657. The molecule has 1 saturated heterocycles. The summed E-state index contributed by atoms with van der Waals surface area (Å²) in [5.41, 5.74) is -0.0601. The highest BCUT2D eigenvalue weighted by molar-refractivity contribution is 6.07. The molecule has 1 aliphatic carbocycles. The maximum absolute atomic E-state index is 14.3. The summed E-state index contributed by atoms with van der Waals surface area (Å²) in [6.45, 7) is 8.19. The molecule has 3 unspecified atom stereocenters. The van der Waals surface area contributed by atoms with Crippen molar-refractivity contribution in [2.75, 3.05) is 13.6 Å². The number of halogens is 1. The zero-order valence-electron chi connectivity index (χ0n) is 21.7. The molecule has 7 nitrogen and oxygen atoms in total. The van der Waals surface area contributed by atoms with Gasteiger partial charge in [0.1, 0.15) is 11.9 Å². The van der Waals surface area contributed by atoms with Crippen LogP contribution in [0.25, 0.3) is 10.8 Å². The molecular formula is C28H37FN4O3. The average molecular weight is 497 g/mol. The molecule has 2 aromatic rings. The Labute approximate surface area is 212 Å². The SMILES string of the molecule is CN[C@@H](C)C(=O)N[C@H](C(=O)N1CCC2CCC(NC(=O)c3ccc(F)c4ccccc34)C21)C(C)(C)C. The lowest BCUT2D eigenvalue weighted by Crippen LogP contribution is -2.60. The Morgan fingerprint density at radius 2 is 1.72 bits per heavy atom. The van der Waals surface area contributed by atoms with Crippen molar-refractivity contribution in [3.05, 3.63) is 47.8 Å². The molecule has 36 heavy (non-hydrogen) atoms. The number of benzene rings is 2. The number of nitrogens with one attached hydrogen (secondary N) is 3. The number of rotatable bonds is 6. The van der Waals surface area contributed by atoms with Crippen molar-refractivity contribution in [2.45, 2.75) is 71.1 Å². The van der Waals surface area contributed by atoms with E-state index in [4.69, 9.17) is 0 Å². The Morgan fingerprint density at radius 3 is 2.39 bits per heavy atom. The first-order valence-corrected chi connectivity index (χ1v) is 12.8. The summed E-state index contributed by atoms with van der Waals surface area (Å²) in [4.78, 5) is 41.7. The van der Waals surface area contributed by atoms with E-state index in [1.807, 2.05) is 25.7 Å². The van der Waals surface area contributed by atoms with Gasteiger partial charge in [-0.2, -0.15) is 0 Å². The minimum Gasteiger partial charge on any atom is -0.347 e. The van der Waals surface area contributed by atoms with Crippen molar-refractivity contribution in [2.24, 2.45) is 11.3 Å². The summed E-state index contributed by atoms with van der Waals surface area (Å²) >= 11 is 0. The largest absolute Gasteiger partial charge is 0.347 e. The van der Waals surface area contributed by atoms with Gasteiger partial charge in [0.05, 0.1) is 12.1 Å². The van der Waals surface area contributed by atoms with Crippen LogP contribution in [0.5, 0.6) is 0 Å². The van der Waals surface area contributed by atoms with E-state index in [-0.39, 0.29) is 35.6 Å². The van der Waals surface area contributed by atoms with Crippen LogP contribution in [0.2, 0.25) is 0 Å². The number of fused-ring (bicyclic) bond motifs is 2. The van der Waals surface area contributed by atoms with Crippen LogP contribution in [-0.2, 0) is 9.59 Å². The highest BCUT2D eigenvalue weighted by Crippen LogP contribution is 2.39. The maximum atomic E-state index is 14.3. The van der Waals surface area contributed by atoms with Gasteiger partial charge in [0.25, 0.3) is 5.91 Å². The molecule has 4 rings (SSSR count). The zero-order chi connectivity index (χ0) is 26.2. The lowest BCUT2D eigenvalue weighted by atomic mass is 9.85. The van der Waals surface area contributed by atoms with Gasteiger partial charge in [-0.3, -0.25) is 14.4 Å². The molecule has 2 aliphatic rings. The third-order valence-corrected chi connectivity index (χ3v) is 7.79. The van der Waals surface area contributed by atoms with Crippen LogP contribution in [0.15, 0.2) is 36.4 Å². The molecule has 0 aromatic heterocycles. The summed E-state index contributed by atoms with van der Waals surface area (Å²) in [6.07, 6.45) is 2.57. The lowest BCUT2D eigenvalue weighted by molar-refractivity contribution is -0.141. The second kappa shape index (κ2) is 10.2. The van der Waals surface area contributed by atoms with Crippen LogP contribution < -0.4 is 16.0 Å². The number of hydrogen-bond donors (Lipinski definition) is 3. The number of likely N-dealkylation sites (tertiary alicyclic amines) is 1. The van der Waals surface area contributed by atoms with E-state index >= 15 is 0 Å². The van der Waals surface area contributed by atoms with Crippen molar-refractivity contribution in [3.8, 4) is 0 Å². The first kappa shape index (κ1) is 26.1. The van der Waals surface area contributed by atoms with Gasteiger partial charge in [0.15, 0.2) is 0 Å². The van der Waals surface area contributed by atoms with E-state index in [0.717, 1.165) is 19.3 Å². The zero-order valence-corrected chi connectivity index (χ0v) is 21.7. The van der Waals surface area contributed by atoms with Crippen molar-refractivity contribution in [3.63, 3.8) is 0 Å². The molecule has 2 aromatic carbocycles. The van der Waals surface area contributed by atoms with Gasteiger partial charge >= 0.3 is 0 Å². The quantitative estimate of drug-likeness (QED) is 0.573. The molecular weight excluding hydrogens is 459 g/mol. The molecule has 0 bridgehead atoms. The van der Waals surface area contributed by atoms with Gasteiger partial charge in [0.2, 0.25) is 11.8 Å². The number of amides is 3. The molecule has 194 valence electrons. The highest BCUT2D eigenvalue weighted by atomic mass is 19.1. The van der Waals surface area contributed by atoms with Gasteiger partial charge in [-0.1, -0.05) is 45.0 Å². The molecule has 0 spiro atoms. The summed E-state index contributed by atoms with van der Waals surface area (Å²) in [7, 11) is 1.71. The standard InChI is InChI=1S/C28H37FN4O3/c1-16(30-5)25(34)32-24(28(2,3)4)27(36)33-15-14-17-10-13-22(23(17)33)31-26(35)20-11-12-21(29)19-9-7-6-8-18(19)20/h6-9,11-12,16-17,22-24,30H,10,13-15H2,1-5H3,(H,31,35)(H,32,34)/t16-,17?,22?,23?,24+/m0/s1. The van der Waals surface area contributed by atoms with E-state index in [0.29, 0.717) is 28.8 Å². The van der Waals surface area contributed by atoms with Crippen molar-refractivity contribution < 1.29 is 18.8 Å². The van der Waals surface area contributed by atoms with Crippen LogP contribution in [0.3, 0.4) is 0 Å². The first-order valence-electron chi connectivity index (χ1n) is 12.8. The minimum atomic E-state index is -0.683. The fraction of sp³-hybridized carbons (Fsp3) is 0.536. The van der Waals surface area contributed by atoms with Crippen LogP contribution in [0, 0.1) is 17.2 Å². The van der Waals surface area contributed by atoms with E-state index in [2.05, 4.69) is 16.0 Å². The third kappa shape index (κ3) is 4.96. The Morgan fingerprint density at radius 1 is 1.03 bits per heavy atom. The smallest absolute Gasteiger partial charge is 0.252 e. The predicted octanol–water partition coefficient (Wildman–Crippen LogP) is 3.23. The summed E-state index contributed by atoms with van der Waals surface area (Å²) in [5, 5.41) is 10.0. The number of carbonyl (C=O) groups is 3. The fourth-order valence-corrected chi connectivity index (χ4v) is 5.64. The maximum Gasteiger partial charge on any atom is 0.252 e. The number of carbonyl (C=O) groups excluding carboxylic acids is 3. The Hall–Kier alpha value is -3.00. The Kier molecular flexibility index (Phi) is 7.36. The van der Waals surface area contributed by atoms with Gasteiger partial charge < -0.3 is 20.9 Å². The normalized spacial score (nSPS) is 23.3. The van der Waals surface area contributed by atoms with Crippen LogP contribution in [-0.4, -0.2) is 60.4 Å². The minimum absolute atomic E-state index is 0.111. The van der Waals surface area contributed by atoms with E-state index in [9.17, 15) is 18.8 Å². The topological polar surface area (TPSA) is 90.5 Å². The molecule has 8 heteroatoms. The van der Waals surface area contributed by atoms with Crippen molar-refractivity contribution >= 4 is 28.5 Å². The van der Waals surface area contributed by atoms with E-state index < -0.39 is 17.5 Å². The van der Waals surface area contributed by atoms with Gasteiger partial charge in [-0.15, -0.1) is 0 Å². The molecule has 1 saturated carbocycles. The molecule has 2 fully saturated rings. The summed E-state index contributed by atoms with van der Waals surface area (Å²) < 4.78 is 14.3. The van der Waals surface area contributed by atoms with Crippen molar-refractivity contribution in [1.29, 1.82) is 0 Å². The fourth-order valence-electron chi connectivity index (χ4n) is 5.64. The molecule has 1 aliphatic heterocycles. The number of nitrogens with zero attached hydrogens (tertiary/aromatic N) is 1. The van der Waals surface area contributed by atoms with E-state index in [1.54, 1.807) is 38.2 Å².